The van der Waals surface area contributed by atoms with E-state index in [4.69, 9.17) is 14.6 Å². The molecule has 0 saturated carbocycles. The zero-order chi connectivity index (χ0) is 24.2. The van der Waals surface area contributed by atoms with E-state index in [0.29, 0.717) is 42.6 Å². The molecule has 35 heavy (non-hydrogen) atoms. The molecule has 0 unspecified atom stereocenters. The first-order chi connectivity index (χ1) is 17.0. The van der Waals surface area contributed by atoms with E-state index in [1.54, 1.807) is 23.0 Å². The molecule has 10 heteroatoms. The minimum Gasteiger partial charge on any atom is -0.350 e. The van der Waals surface area contributed by atoms with Crippen LogP contribution in [0.2, 0.25) is 0 Å². The molecular formula is C25H23FN6O3. The van der Waals surface area contributed by atoms with Gasteiger partial charge in [0.1, 0.15) is 5.82 Å². The van der Waals surface area contributed by atoms with Crippen molar-refractivity contribution >= 4 is 11.7 Å². The average molecular weight is 474 g/mol. The molecule has 9 nitrogen and oxygen atoms in total. The minimum atomic E-state index is -0.611. The first kappa shape index (κ1) is 21.7. The van der Waals surface area contributed by atoms with E-state index in [2.05, 4.69) is 22.1 Å². The molecule has 0 atom stereocenters. The number of anilines is 1. The van der Waals surface area contributed by atoms with Crippen molar-refractivity contribution in [1.82, 2.24) is 20.1 Å². The Hall–Kier alpha value is -3.81. The number of ether oxygens (including phenoxy) is 2. The monoisotopic (exact) mass is 474 g/mol. The lowest BCUT2D eigenvalue weighted by atomic mass is 10.0. The van der Waals surface area contributed by atoms with Crippen molar-refractivity contribution in [2.75, 3.05) is 31.2 Å². The summed E-state index contributed by atoms with van der Waals surface area (Å²) >= 11 is 0. The molecule has 3 aliphatic rings. The fraction of sp³-hybridized carbons (Fsp3) is 0.360. The van der Waals surface area contributed by atoms with Crippen LogP contribution in [0.25, 0.3) is 16.9 Å². The van der Waals surface area contributed by atoms with Crippen molar-refractivity contribution < 1.29 is 18.7 Å². The van der Waals surface area contributed by atoms with Crippen LogP contribution in [0, 0.1) is 23.1 Å². The highest BCUT2D eigenvalue weighted by Gasteiger charge is 2.43. The van der Waals surface area contributed by atoms with Gasteiger partial charge in [0, 0.05) is 31.1 Å². The summed E-state index contributed by atoms with van der Waals surface area (Å²) < 4.78 is 28.4. The topological polar surface area (TPSA) is 105 Å². The third-order valence-corrected chi connectivity index (χ3v) is 6.71. The molecule has 1 spiro atoms. The number of hydrogen-bond acceptors (Lipinski definition) is 7. The number of fused-ring (bicyclic) bond motifs is 1. The summed E-state index contributed by atoms with van der Waals surface area (Å²) in [5, 5.41) is 17.0. The maximum Gasteiger partial charge on any atom is 0.255 e. The van der Waals surface area contributed by atoms with E-state index in [-0.39, 0.29) is 29.3 Å². The third-order valence-electron chi connectivity index (χ3n) is 6.71. The Labute approximate surface area is 201 Å². The normalized spacial score (nSPS) is 23.4. The number of halogens is 1. The Balaban J connectivity index is 1.37. The van der Waals surface area contributed by atoms with Crippen molar-refractivity contribution in [2.24, 2.45) is 5.92 Å². The summed E-state index contributed by atoms with van der Waals surface area (Å²) in [5.41, 5.74) is 1.92. The van der Waals surface area contributed by atoms with Crippen LogP contribution in [0.4, 0.5) is 10.2 Å². The van der Waals surface area contributed by atoms with Gasteiger partial charge in [0.25, 0.3) is 5.91 Å². The number of nitrogens with zero attached hydrogens (tertiary/aromatic N) is 5. The third kappa shape index (κ3) is 3.64. The highest BCUT2D eigenvalue weighted by molar-refractivity contribution is 6.01. The van der Waals surface area contributed by atoms with Gasteiger partial charge >= 0.3 is 0 Å². The van der Waals surface area contributed by atoms with E-state index in [9.17, 15) is 14.4 Å². The zero-order valence-electron chi connectivity index (χ0n) is 19.1. The van der Waals surface area contributed by atoms with Gasteiger partial charge in [-0.3, -0.25) is 4.79 Å². The first-order valence-corrected chi connectivity index (χ1v) is 11.6. The minimum absolute atomic E-state index is 0.105. The number of amides is 1. The second-order valence-corrected chi connectivity index (χ2v) is 9.23. The average Bonchev–Trinajstić information content (AvgIpc) is 3.60. The van der Waals surface area contributed by atoms with Crippen molar-refractivity contribution in [3.8, 4) is 23.0 Å². The molecule has 6 rings (SSSR count). The number of aromatic nitrogens is 3. The van der Waals surface area contributed by atoms with Crippen LogP contribution >= 0.6 is 0 Å². The Kier molecular flexibility index (Phi) is 5.05. The lowest BCUT2D eigenvalue weighted by Crippen LogP contribution is -2.45. The quantitative estimate of drug-likeness (QED) is 0.622. The van der Waals surface area contributed by atoms with E-state index in [0.717, 1.165) is 18.8 Å². The molecule has 2 fully saturated rings. The van der Waals surface area contributed by atoms with Gasteiger partial charge in [-0.25, -0.2) is 14.1 Å². The van der Waals surface area contributed by atoms with Gasteiger partial charge in [0.05, 0.1) is 66.1 Å². The molecule has 1 N–H and O–H groups in total. The van der Waals surface area contributed by atoms with Gasteiger partial charge in [0.2, 0.25) is 0 Å². The standard InChI is InChI=1S/C25H23FN6O3/c1-15-12-34-25(35-13-15)6-8-31(14-25)21-5-7-32(30-21)20-9-18(29-19-11-28-24(33)23(19)20)22-16(10-27)3-2-4-17(22)26/h2-5,7,9,15H,6,8,11-14H2,1H3,(H,28,33)/t15-,25+. The molecule has 3 aliphatic heterocycles. The number of hydrogen-bond donors (Lipinski definition) is 1. The van der Waals surface area contributed by atoms with Gasteiger partial charge in [-0.05, 0) is 18.2 Å². The number of carbonyl (C=O) groups excluding carboxylic acids is 1. The largest absolute Gasteiger partial charge is 0.350 e. The van der Waals surface area contributed by atoms with E-state index in [1.807, 2.05) is 12.1 Å². The lowest BCUT2D eigenvalue weighted by molar-refractivity contribution is -0.267. The molecule has 0 aliphatic carbocycles. The maximum absolute atomic E-state index is 14.8. The highest BCUT2D eigenvalue weighted by atomic mass is 19.1. The predicted molar refractivity (Wildman–Crippen MR) is 123 cm³/mol. The summed E-state index contributed by atoms with van der Waals surface area (Å²) in [6.07, 6.45) is 2.51. The summed E-state index contributed by atoms with van der Waals surface area (Å²) in [6.45, 7) is 4.96. The van der Waals surface area contributed by atoms with Crippen LogP contribution in [0.5, 0.6) is 0 Å². The Bertz CT molecular complexity index is 1370. The molecule has 178 valence electrons. The fourth-order valence-corrected chi connectivity index (χ4v) is 4.88. The second kappa shape index (κ2) is 8.15. The van der Waals surface area contributed by atoms with Gasteiger partial charge in [-0.2, -0.15) is 10.4 Å². The van der Waals surface area contributed by atoms with Gasteiger partial charge in [0.15, 0.2) is 11.6 Å². The highest BCUT2D eigenvalue weighted by Crippen LogP contribution is 2.35. The number of benzene rings is 1. The molecule has 1 aromatic carbocycles. The van der Waals surface area contributed by atoms with Crippen LogP contribution in [-0.2, 0) is 16.0 Å². The second-order valence-electron chi connectivity index (χ2n) is 9.23. The molecular weight excluding hydrogens is 451 g/mol. The molecule has 1 amide bonds. The molecule has 0 bridgehead atoms. The number of carbonyl (C=O) groups is 1. The van der Waals surface area contributed by atoms with Crippen molar-refractivity contribution in [1.29, 1.82) is 5.26 Å². The molecule has 3 aromatic rings. The number of pyridine rings is 1. The number of nitrogens with one attached hydrogen (secondary N) is 1. The summed E-state index contributed by atoms with van der Waals surface area (Å²) in [7, 11) is 0. The molecule has 0 radical (unpaired) electrons. The van der Waals surface area contributed by atoms with Crippen LogP contribution in [0.15, 0.2) is 36.5 Å². The Morgan fingerprint density at radius 2 is 2.09 bits per heavy atom. The van der Waals surface area contributed by atoms with Gasteiger partial charge < -0.3 is 19.7 Å². The first-order valence-electron chi connectivity index (χ1n) is 11.6. The predicted octanol–water partition coefficient (Wildman–Crippen LogP) is 2.78. The van der Waals surface area contributed by atoms with Crippen molar-refractivity contribution in [3.05, 3.63) is 59.2 Å². The van der Waals surface area contributed by atoms with Gasteiger partial charge in [-0.1, -0.05) is 13.0 Å². The van der Waals surface area contributed by atoms with Crippen LogP contribution in [0.1, 0.15) is 35.0 Å². The Morgan fingerprint density at radius 1 is 1.26 bits per heavy atom. The lowest BCUT2D eigenvalue weighted by Gasteiger charge is -2.36. The van der Waals surface area contributed by atoms with E-state index < -0.39 is 11.6 Å². The molecule has 2 saturated heterocycles. The fourth-order valence-electron chi connectivity index (χ4n) is 4.88. The Morgan fingerprint density at radius 3 is 2.89 bits per heavy atom. The smallest absolute Gasteiger partial charge is 0.255 e. The maximum atomic E-state index is 14.8. The SMILES string of the molecule is C[C@H]1CO[C@]2(CCN(c3ccn(-c4cc(-c5c(F)cccc5C#N)nc5c4C(=O)NC5)n3)C2)OC1. The summed E-state index contributed by atoms with van der Waals surface area (Å²) in [6, 6.07) is 9.83. The number of rotatable bonds is 3. The van der Waals surface area contributed by atoms with Crippen LogP contribution in [-0.4, -0.2) is 52.8 Å². The summed E-state index contributed by atoms with van der Waals surface area (Å²) in [5.74, 6) is -0.330. The molecule has 2 aromatic heterocycles. The van der Waals surface area contributed by atoms with Crippen LogP contribution < -0.4 is 10.2 Å². The zero-order valence-corrected chi connectivity index (χ0v) is 19.1. The van der Waals surface area contributed by atoms with E-state index >= 15 is 0 Å². The van der Waals surface area contributed by atoms with Crippen molar-refractivity contribution in [2.45, 2.75) is 25.7 Å². The summed E-state index contributed by atoms with van der Waals surface area (Å²) in [4.78, 5) is 19.2. The molecule has 5 heterocycles. The van der Waals surface area contributed by atoms with E-state index in [1.165, 1.54) is 12.1 Å². The van der Waals surface area contributed by atoms with Crippen molar-refractivity contribution in [3.63, 3.8) is 0 Å². The number of nitriles is 1. The van der Waals surface area contributed by atoms with Crippen LogP contribution in [0.3, 0.4) is 0 Å². The van der Waals surface area contributed by atoms with Gasteiger partial charge in [-0.15, -0.1) is 0 Å².